The third-order valence-electron chi connectivity index (χ3n) is 4.56. The van der Waals surface area contributed by atoms with E-state index >= 15 is 0 Å². The van der Waals surface area contributed by atoms with Crippen LogP contribution in [0.25, 0.3) is 0 Å². The van der Waals surface area contributed by atoms with Crippen LogP contribution in [-0.4, -0.2) is 27.9 Å². The second kappa shape index (κ2) is 7.23. The standard InChI is InChI=1S/C20H25NO4/c1-10-7-8-16(9-11(10)2)19(23)15(6)25-20(24)18-12(3)17(14(5)22)13(4)21-18/h7-9,14-15,21-22H,1-6H3/t14-,15+/m1/s1. The van der Waals surface area contributed by atoms with Gasteiger partial charge in [-0.2, -0.15) is 0 Å². The van der Waals surface area contributed by atoms with Crippen LogP contribution in [0.3, 0.4) is 0 Å². The summed E-state index contributed by atoms with van der Waals surface area (Å²) in [5.41, 5.74) is 4.95. The highest BCUT2D eigenvalue weighted by molar-refractivity contribution is 6.01. The Morgan fingerprint density at radius 2 is 1.72 bits per heavy atom. The molecule has 0 spiro atoms. The Morgan fingerprint density at radius 1 is 1.08 bits per heavy atom. The molecular formula is C20H25NO4. The summed E-state index contributed by atoms with van der Waals surface area (Å²) in [5, 5.41) is 9.82. The van der Waals surface area contributed by atoms with Crippen molar-refractivity contribution in [1.29, 1.82) is 0 Å². The first-order valence-electron chi connectivity index (χ1n) is 8.33. The normalized spacial score (nSPS) is 13.4. The zero-order valence-electron chi connectivity index (χ0n) is 15.6. The minimum absolute atomic E-state index is 0.242. The minimum Gasteiger partial charge on any atom is -0.450 e. The molecule has 0 fully saturated rings. The number of H-pyrrole nitrogens is 1. The van der Waals surface area contributed by atoms with Crippen molar-refractivity contribution < 1.29 is 19.4 Å². The number of benzene rings is 1. The van der Waals surface area contributed by atoms with Gasteiger partial charge in [0.1, 0.15) is 5.69 Å². The van der Waals surface area contributed by atoms with Crippen LogP contribution in [0, 0.1) is 27.7 Å². The first-order chi connectivity index (χ1) is 11.6. The Hall–Kier alpha value is -2.40. The van der Waals surface area contributed by atoms with Gasteiger partial charge in [0.25, 0.3) is 0 Å². The summed E-state index contributed by atoms with van der Waals surface area (Å²) in [5.74, 6) is -0.842. The molecule has 0 bridgehead atoms. The lowest BCUT2D eigenvalue weighted by atomic mass is 10.0. The monoisotopic (exact) mass is 343 g/mol. The van der Waals surface area contributed by atoms with Crippen molar-refractivity contribution >= 4 is 11.8 Å². The fourth-order valence-electron chi connectivity index (χ4n) is 3.00. The Kier molecular flexibility index (Phi) is 5.48. The highest BCUT2D eigenvalue weighted by atomic mass is 16.5. The second-order valence-corrected chi connectivity index (χ2v) is 6.55. The average Bonchev–Trinajstić information content (AvgIpc) is 2.84. The van der Waals surface area contributed by atoms with E-state index in [4.69, 9.17) is 4.74 Å². The van der Waals surface area contributed by atoms with E-state index in [0.717, 1.165) is 11.1 Å². The van der Waals surface area contributed by atoms with Crippen molar-refractivity contribution in [1.82, 2.24) is 4.98 Å². The van der Waals surface area contributed by atoms with E-state index in [-0.39, 0.29) is 11.5 Å². The maximum absolute atomic E-state index is 12.5. The number of carbonyl (C=O) groups excluding carboxylic acids is 2. The molecule has 1 aromatic heterocycles. The molecule has 2 rings (SSSR count). The van der Waals surface area contributed by atoms with Crippen LogP contribution in [-0.2, 0) is 4.74 Å². The van der Waals surface area contributed by atoms with Crippen LogP contribution in [0.2, 0.25) is 0 Å². The highest BCUT2D eigenvalue weighted by Gasteiger charge is 2.25. The number of ether oxygens (including phenoxy) is 1. The zero-order valence-corrected chi connectivity index (χ0v) is 15.6. The van der Waals surface area contributed by atoms with Crippen molar-refractivity contribution in [3.05, 3.63) is 57.4 Å². The molecule has 5 heteroatoms. The number of esters is 1. The molecule has 0 aliphatic rings. The summed E-state index contributed by atoms with van der Waals surface area (Å²) in [4.78, 5) is 27.9. The molecule has 25 heavy (non-hydrogen) atoms. The van der Waals surface area contributed by atoms with Crippen LogP contribution in [0.5, 0.6) is 0 Å². The van der Waals surface area contributed by atoms with Crippen LogP contribution in [0.1, 0.15) is 68.7 Å². The molecule has 134 valence electrons. The van der Waals surface area contributed by atoms with Gasteiger partial charge < -0.3 is 14.8 Å². The molecule has 0 unspecified atom stereocenters. The van der Waals surface area contributed by atoms with Gasteiger partial charge >= 0.3 is 5.97 Å². The number of aromatic amines is 1. The molecular weight excluding hydrogens is 318 g/mol. The van der Waals surface area contributed by atoms with Gasteiger partial charge in [-0.3, -0.25) is 4.79 Å². The first-order valence-corrected chi connectivity index (χ1v) is 8.33. The van der Waals surface area contributed by atoms with Crippen LogP contribution in [0.4, 0.5) is 0 Å². The molecule has 1 heterocycles. The maximum atomic E-state index is 12.5. The van der Waals surface area contributed by atoms with Gasteiger partial charge in [0, 0.05) is 16.8 Å². The van der Waals surface area contributed by atoms with E-state index in [9.17, 15) is 14.7 Å². The third-order valence-corrected chi connectivity index (χ3v) is 4.56. The molecule has 0 radical (unpaired) electrons. The molecule has 0 saturated heterocycles. The van der Waals surface area contributed by atoms with Gasteiger partial charge in [-0.15, -0.1) is 0 Å². The van der Waals surface area contributed by atoms with Crippen molar-refractivity contribution in [2.24, 2.45) is 0 Å². The predicted octanol–water partition coefficient (Wildman–Crippen LogP) is 3.73. The lowest BCUT2D eigenvalue weighted by Crippen LogP contribution is -2.25. The maximum Gasteiger partial charge on any atom is 0.355 e. The molecule has 0 aliphatic carbocycles. The molecule has 2 N–H and O–H groups in total. The number of carbonyl (C=O) groups is 2. The number of aryl methyl sites for hydroxylation is 3. The van der Waals surface area contributed by atoms with Crippen LogP contribution < -0.4 is 0 Å². The van der Waals surface area contributed by atoms with Gasteiger partial charge in [-0.25, -0.2) is 4.79 Å². The zero-order chi connectivity index (χ0) is 18.9. The molecule has 5 nitrogen and oxygen atoms in total. The molecule has 0 saturated carbocycles. The van der Waals surface area contributed by atoms with Gasteiger partial charge in [0.05, 0.1) is 6.10 Å². The quantitative estimate of drug-likeness (QED) is 0.640. The number of hydrogen-bond acceptors (Lipinski definition) is 4. The molecule has 0 amide bonds. The summed E-state index contributed by atoms with van der Waals surface area (Å²) < 4.78 is 5.35. The number of hydrogen-bond donors (Lipinski definition) is 2. The number of aliphatic hydroxyl groups is 1. The number of aliphatic hydroxyl groups excluding tert-OH is 1. The fourth-order valence-corrected chi connectivity index (χ4v) is 3.00. The lowest BCUT2D eigenvalue weighted by Gasteiger charge is -2.13. The van der Waals surface area contributed by atoms with E-state index in [0.29, 0.717) is 22.4 Å². The average molecular weight is 343 g/mol. The largest absolute Gasteiger partial charge is 0.450 e. The Morgan fingerprint density at radius 3 is 2.24 bits per heavy atom. The van der Waals surface area contributed by atoms with Gasteiger partial charge in [0.15, 0.2) is 6.10 Å². The SMILES string of the molecule is Cc1ccc(C(=O)[C@H](C)OC(=O)c2[nH]c(C)c([C@@H](C)O)c2C)cc1C. The molecule has 2 atom stereocenters. The number of rotatable bonds is 5. The number of aromatic nitrogens is 1. The van der Waals surface area contributed by atoms with E-state index in [1.807, 2.05) is 19.9 Å². The summed E-state index contributed by atoms with van der Waals surface area (Å²) in [6, 6.07) is 5.42. The topological polar surface area (TPSA) is 79.4 Å². The van der Waals surface area contributed by atoms with Crippen molar-refractivity contribution in [3.8, 4) is 0 Å². The lowest BCUT2D eigenvalue weighted by molar-refractivity contribution is 0.0313. The first kappa shape index (κ1) is 18.9. The second-order valence-electron chi connectivity index (χ2n) is 6.55. The number of Topliss-reactive ketones (excluding diaryl/α,β-unsaturated/α-hetero) is 1. The van der Waals surface area contributed by atoms with Crippen LogP contribution >= 0.6 is 0 Å². The van der Waals surface area contributed by atoms with Gasteiger partial charge in [-0.1, -0.05) is 12.1 Å². The number of nitrogens with one attached hydrogen (secondary N) is 1. The minimum atomic E-state index is -0.896. The summed E-state index contributed by atoms with van der Waals surface area (Å²) >= 11 is 0. The predicted molar refractivity (Wildman–Crippen MR) is 96.0 cm³/mol. The van der Waals surface area contributed by atoms with Gasteiger partial charge in [-0.05, 0) is 64.3 Å². The fraction of sp³-hybridized carbons (Fsp3) is 0.400. The number of ketones is 1. The molecule has 1 aromatic carbocycles. The van der Waals surface area contributed by atoms with Crippen LogP contribution in [0.15, 0.2) is 18.2 Å². The van der Waals surface area contributed by atoms with E-state index in [1.54, 1.807) is 39.8 Å². The Bertz CT molecular complexity index is 817. The highest BCUT2D eigenvalue weighted by Crippen LogP contribution is 2.25. The Labute approximate surface area is 148 Å². The third kappa shape index (κ3) is 3.82. The Balaban J connectivity index is 2.18. The van der Waals surface area contributed by atoms with E-state index in [2.05, 4.69) is 4.98 Å². The van der Waals surface area contributed by atoms with Crippen molar-refractivity contribution in [2.45, 2.75) is 53.8 Å². The van der Waals surface area contributed by atoms with Crippen molar-refractivity contribution in [3.63, 3.8) is 0 Å². The summed E-state index contributed by atoms with van der Waals surface area (Å²) in [6.07, 6.45) is -1.58. The van der Waals surface area contributed by atoms with E-state index < -0.39 is 18.2 Å². The van der Waals surface area contributed by atoms with Gasteiger partial charge in [0.2, 0.25) is 5.78 Å². The molecule has 0 aliphatic heterocycles. The summed E-state index contributed by atoms with van der Waals surface area (Å²) in [7, 11) is 0. The van der Waals surface area contributed by atoms with Crippen molar-refractivity contribution in [2.75, 3.05) is 0 Å². The molecule has 2 aromatic rings. The van der Waals surface area contributed by atoms with E-state index in [1.165, 1.54) is 0 Å². The summed E-state index contributed by atoms with van der Waals surface area (Å²) in [6.45, 7) is 10.7. The smallest absolute Gasteiger partial charge is 0.355 e.